The van der Waals surface area contributed by atoms with E-state index in [1.165, 1.54) is 11.1 Å². The van der Waals surface area contributed by atoms with Crippen LogP contribution in [0.25, 0.3) is 11.1 Å². The van der Waals surface area contributed by atoms with E-state index >= 15 is 0 Å². The maximum absolute atomic E-state index is 4.05. The van der Waals surface area contributed by atoms with Crippen molar-refractivity contribution < 1.29 is 0 Å². The molecule has 1 aliphatic rings. The van der Waals surface area contributed by atoms with Crippen molar-refractivity contribution in [2.24, 2.45) is 0 Å². The molecule has 3 aromatic rings. The lowest BCUT2D eigenvalue weighted by molar-refractivity contribution is 0.582. The number of hydrogen-bond donors (Lipinski definition) is 1. The van der Waals surface area contributed by atoms with Crippen molar-refractivity contribution in [2.45, 2.75) is 0 Å². The zero-order valence-electron chi connectivity index (χ0n) is 13.7. The van der Waals surface area contributed by atoms with Crippen molar-refractivity contribution in [2.75, 3.05) is 31.1 Å². The molecule has 1 aromatic heterocycles. The van der Waals surface area contributed by atoms with E-state index in [4.69, 9.17) is 0 Å². The van der Waals surface area contributed by atoms with E-state index in [1.54, 1.807) is 6.20 Å². The van der Waals surface area contributed by atoms with Crippen LogP contribution in [0, 0.1) is 0 Å². The predicted molar refractivity (Wildman–Crippen MR) is 99.0 cm³/mol. The van der Waals surface area contributed by atoms with Crippen LogP contribution in [0.2, 0.25) is 0 Å². The Bertz CT molecular complexity index is 658. The average molecular weight is 318 g/mol. The molecule has 0 bridgehead atoms. The highest BCUT2D eigenvalue weighted by atomic mass is 15.3. The third kappa shape index (κ3) is 4.64. The van der Waals surface area contributed by atoms with Crippen LogP contribution in [0.5, 0.6) is 0 Å². The molecular weight excluding hydrogens is 296 g/mol. The number of nitrogens with one attached hydrogen (secondary N) is 1. The maximum atomic E-state index is 4.05. The zero-order valence-corrected chi connectivity index (χ0v) is 13.7. The first kappa shape index (κ1) is 16.1. The minimum atomic E-state index is 0.985. The Kier molecular flexibility index (Phi) is 5.92. The van der Waals surface area contributed by atoms with Gasteiger partial charge in [-0.2, -0.15) is 5.10 Å². The van der Waals surface area contributed by atoms with Crippen LogP contribution >= 0.6 is 0 Å². The fourth-order valence-corrected chi connectivity index (χ4v) is 2.62. The molecule has 24 heavy (non-hydrogen) atoms. The fraction of sp³-hybridized carbons (Fsp3) is 0.200. The molecule has 4 rings (SSSR count). The molecule has 0 amide bonds. The molecule has 2 heterocycles. The first-order valence-corrected chi connectivity index (χ1v) is 8.27. The normalized spacial score (nSPS) is 13.8. The fourth-order valence-electron chi connectivity index (χ4n) is 2.62. The first-order chi connectivity index (χ1) is 11.9. The van der Waals surface area contributed by atoms with Gasteiger partial charge in [-0.1, -0.05) is 60.7 Å². The second kappa shape index (κ2) is 8.79. The molecule has 1 fully saturated rings. The summed E-state index contributed by atoms with van der Waals surface area (Å²) in [5.41, 5.74) is 2.55. The van der Waals surface area contributed by atoms with Gasteiger partial charge < -0.3 is 10.2 Å². The van der Waals surface area contributed by atoms with E-state index in [1.807, 2.05) is 24.3 Å². The smallest absolute Gasteiger partial charge is 0.151 e. The average Bonchev–Trinajstić information content (AvgIpc) is 2.71. The molecule has 0 saturated carbocycles. The topological polar surface area (TPSA) is 41.1 Å². The number of aromatic nitrogens is 2. The van der Waals surface area contributed by atoms with Gasteiger partial charge in [-0.3, -0.25) is 0 Å². The van der Waals surface area contributed by atoms with Crippen molar-refractivity contribution in [1.29, 1.82) is 0 Å². The highest BCUT2D eigenvalue weighted by molar-refractivity contribution is 5.62. The Morgan fingerprint density at radius 3 is 1.79 bits per heavy atom. The lowest BCUT2D eigenvalue weighted by Crippen LogP contribution is -2.43. The van der Waals surface area contributed by atoms with Gasteiger partial charge in [-0.25, -0.2) is 0 Å². The van der Waals surface area contributed by atoms with Gasteiger partial charge in [0.05, 0.1) is 0 Å². The van der Waals surface area contributed by atoms with Gasteiger partial charge in [0.15, 0.2) is 5.82 Å². The molecular formula is C20H22N4. The van der Waals surface area contributed by atoms with Crippen molar-refractivity contribution >= 4 is 5.82 Å². The summed E-state index contributed by atoms with van der Waals surface area (Å²) in [4.78, 5) is 2.24. The van der Waals surface area contributed by atoms with E-state index in [0.29, 0.717) is 0 Å². The van der Waals surface area contributed by atoms with Gasteiger partial charge in [0.2, 0.25) is 0 Å². The summed E-state index contributed by atoms with van der Waals surface area (Å²) in [6.07, 6.45) is 1.70. The summed E-state index contributed by atoms with van der Waals surface area (Å²) in [7, 11) is 0. The summed E-state index contributed by atoms with van der Waals surface area (Å²) in [5.74, 6) is 0.985. The van der Waals surface area contributed by atoms with Gasteiger partial charge in [0.1, 0.15) is 0 Å². The Hall–Kier alpha value is -2.72. The Morgan fingerprint density at radius 2 is 1.29 bits per heavy atom. The highest BCUT2D eigenvalue weighted by Crippen LogP contribution is 2.17. The minimum Gasteiger partial charge on any atom is -0.353 e. The summed E-state index contributed by atoms with van der Waals surface area (Å²) >= 11 is 0. The van der Waals surface area contributed by atoms with Crippen molar-refractivity contribution in [1.82, 2.24) is 15.5 Å². The SMILES string of the molecule is c1ccc(-c2ccccc2)cc1.c1cnnc(N2CCNCC2)c1. The van der Waals surface area contributed by atoms with Crippen molar-refractivity contribution in [3.63, 3.8) is 0 Å². The summed E-state index contributed by atoms with van der Waals surface area (Å²) < 4.78 is 0. The minimum absolute atomic E-state index is 0.985. The molecule has 122 valence electrons. The lowest BCUT2D eigenvalue weighted by Gasteiger charge is -2.27. The number of anilines is 1. The van der Waals surface area contributed by atoms with Gasteiger partial charge in [0.25, 0.3) is 0 Å². The maximum Gasteiger partial charge on any atom is 0.151 e. The lowest BCUT2D eigenvalue weighted by atomic mass is 10.1. The third-order valence-corrected chi connectivity index (χ3v) is 3.88. The van der Waals surface area contributed by atoms with Crippen LogP contribution in [-0.4, -0.2) is 36.4 Å². The quantitative estimate of drug-likeness (QED) is 0.787. The van der Waals surface area contributed by atoms with Crippen LogP contribution in [0.4, 0.5) is 5.82 Å². The molecule has 1 N–H and O–H groups in total. The van der Waals surface area contributed by atoms with Crippen molar-refractivity contribution in [3.8, 4) is 11.1 Å². The van der Waals surface area contributed by atoms with E-state index in [0.717, 1.165) is 32.0 Å². The number of benzene rings is 2. The molecule has 0 unspecified atom stereocenters. The number of nitrogens with zero attached hydrogens (tertiary/aromatic N) is 3. The van der Waals surface area contributed by atoms with Gasteiger partial charge in [-0.15, -0.1) is 5.10 Å². The molecule has 0 radical (unpaired) electrons. The molecule has 4 heteroatoms. The second-order valence-corrected chi connectivity index (χ2v) is 5.55. The molecule has 0 atom stereocenters. The third-order valence-electron chi connectivity index (χ3n) is 3.88. The molecule has 0 aliphatic carbocycles. The Morgan fingerprint density at radius 1 is 0.708 bits per heavy atom. The standard InChI is InChI=1S/C12H10.C8H12N4/c1-3-7-11(8-4-1)12-9-5-2-6-10-12;1-2-8(11-10-3-1)12-6-4-9-5-7-12/h1-10H;1-3,9H,4-7H2. The largest absolute Gasteiger partial charge is 0.353 e. The second-order valence-electron chi connectivity index (χ2n) is 5.55. The predicted octanol–water partition coefficient (Wildman–Crippen LogP) is 3.24. The molecule has 1 aliphatic heterocycles. The highest BCUT2D eigenvalue weighted by Gasteiger charge is 2.10. The van der Waals surface area contributed by atoms with E-state index in [-0.39, 0.29) is 0 Å². The summed E-state index contributed by atoms with van der Waals surface area (Å²) in [6.45, 7) is 4.13. The summed E-state index contributed by atoms with van der Waals surface area (Å²) in [6, 6.07) is 24.7. The Balaban J connectivity index is 0.000000141. The Labute approximate surface area is 143 Å². The van der Waals surface area contributed by atoms with E-state index < -0.39 is 0 Å². The summed E-state index contributed by atoms with van der Waals surface area (Å²) in [5, 5.41) is 11.2. The van der Waals surface area contributed by atoms with Crippen LogP contribution in [0.1, 0.15) is 0 Å². The van der Waals surface area contributed by atoms with Crippen LogP contribution in [0.15, 0.2) is 79.0 Å². The number of hydrogen-bond acceptors (Lipinski definition) is 4. The van der Waals surface area contributed by atoms with Crippen LogP contribution < -0.4 is 10.2 Å². The van der Waals surface area contributed by atoms with E-state index in [9.17, 15) is 0 Å². The number of rotatable bonds is 2. The van der Waals surface area contributed by atoms with Crippen LogP contribution in [0.3, 0.4) is 0 Å². The zero-order chi connectivity index (χ0) is 16.5. The van der Waals surface area contributed by atoms with Crippen molar-refractivity contribution in [3.05, 3.63) is 79.0 Å². The first-order valence-electron chi connectivity index (χ1n) is 8.27. The molecule has 0 spiro atoms. The number of piperazine rings is 1. The van der Waals surface area contributed by atoms with E-state index in [2.05, 4.69) is 68.9 Å². The molecule has 1 saturated heterocycles. The van der Waals surface area contributed by atoms with Crippen LogP contribution in [-0.2, 0) is 0 Å². The van der Waals surface area contributed by atoms with Gasteiger partial charge in [-0.05, 0) is 23.3 Å². The monoisotopic (exact) mass is 318 g/mol. The van der Waals surface area contributed by atoms with Gasteiger partial charge in [0, 0.05) is 32.4 Å². The molecule has 4 nitrogen and oxygen atoms in total. The van der Waals surface area contributed by atoms with Gasteiger partial charge >= 0.3 is 0 Å². The molecule has 2 aromatic carbocycles.